The quantitative estimate of drug-likeness (QED) is 0.835. The molecule has 0 bridgehead atoms. The molecular weight excluding hydrogens is 260 g/mol. The topological polar surface area (TPSA) is 55.6 Å². The zero-order valence-corrected chi connectivity index (χ0v) is 11.8. The smallest absolute Gasteiger partial charge is 0.253 e. The average Bonchev–Trinajstić information content (AvgIpc) is 2.85. The number of carbonyl (C=O) groups is 1. The number of ether oxygens (including phenoxy) is 1. The minimum atomic E-state index is 0.0217. The maximum atomic E-state index is 12.4. The third-order valence-electron chi connectivity index (χ3n) is 3.27. The summed E-state index contributed by atoms with van der Waals surface area (Å²) in [4.78, 5) is 14.6. The molecule has 102 valence electrons. The van der Waals surface area contributed by atoms with Crippen molar-refractivity contribution in [2.75, 3.05) is 13.1 Å². The Labute approximate surface area is 118 Å². The molecule has 1 aromatic rings. The van der Waals surface area contributed by atoms with Crippen LogP contribution in [0.4, 0.5) is 0 Å². The molecule has 0 unspecified atom stereocenters. The summed E-state index contributed by atoms with van der Waals surface area (Å²) in [7, 11) is 0. The number of nitrogens with two attached hydrogens (primary N) is 1. The van der Waals surface area contributed by atoms with E-state index in [-0.39, 0.29) is 5.91 Å². The van der Waals surface area contributed by atoms with Gasteiger partial charge in [-0.15, -0.1) is 0 Å². The van der Waals surface area contributed by atoms with Gasteiger partial charge >= 0.3 is 0 Å². The van der Waals surface area contributed by atoms with Crippen LogP contribution in [0.25, 0.3) is 0 Å². The van der Waals surface area contributed by atoms with E-state index >= 15 is 0 Å². The van der Waals surface area contributed by atoms with Crippen LogP contribution >= 0.6 is 12.2 Å². The highest BCUT2D eigenvalue weighted by atomic mass is 32.1. The molecule has 2 rings (SSSR count). The maximum absolute atomic E-state index is 12.4. The first kappa shape index (κ1) is 14.0. The van der Waals surface area contributed by atoms with Gasteiger partial charge in [-0.3, -0.25) is 4.79 Å². The lowest BCUT2D eigenvalue weighted by molar-refractivity contribution is 0.0768. The Balaban J connectivity index is 2.11. The number of hydrogen-bond acceptors (Lipinski definition) is 3. The van der Waals surface area contributed by atoms with E-state index in [2.05, 4.69) is 0 Å². The summed E-state index contributed by atoms with van der Waals surface area (Å²) < 4.78 is 5.36. The van der Waals surface area contributed by atoms with Crippen LogP contribution in [0.5, 0.6) is 0 Å². The Hall–Kier alpha value is -1.46. The Kier molecular flexibility index (Phi) is 4.50. The molecule has 0 atom stereocenters. The van der Waals surface area contributed by atoms with Gasteiger partial charge in [0.25, 0.3) is 5.91 Å². The number of fused-ring (bicyclic) bond motifs is 1. The lowest BCUT2D eigenvalue weighted by Gasteiger charge is -2.21. The fourth-order valence-corrected chi connectivity index (χ4v) is 2.23. The molecule has 19 heavy (non-hydrogen) atoms. The van der Waals surface area contributed by atoms with E-state index in [1.807, 2.05) is 25.1 Å². The van der Waals surface area contributed by atoms with Crippen LogP contribution in [0, 0.1) is 0 Å². The standard InChI is InChI=1S/C14H18N2O2S/c1-2-16(6-5-13(15)19)14(17)10-3-4-11-8-18-9-12(11)7-10/h3-4,7H,2,5-6,8-9H2,1H3,(H2,15,19). The van der Waals surface area contributed by atoms with Gasteiger partial charge in [-0.25, -0.2) is 0 Å². The molecule has 0 aliphatic carbocycles. The Bertz CT molecular complexity index is 502. The minimum absolute atomic E-state index is 0.0217. The van der Waals surface area contributed by atoms with Crippen molar-refractivity contribution >= 4 is 23.1 Å². The number of nitrogens with zero attached hydrogens (tertiary/aromatic N) is 1. The van der Waals surface area contributed by atoms with Gasteiger partial charge in [-0.05, 0) is 30.2 Å². The Morgan fingerprint density at radius 2 is 2.16 bits per heavy atom. The predicted molar refractivity (Wildman–Crippen MR) is 77.9 cm³/mol. The van der Waals surface area contributed by atoms with E-state index < -0.39 is 0 Å². The van der Waals surface area contributed by atoms with Crippen LogP contribution in [-0.2, 0) is 18.0 Å². The van der Waals surface area contributed by atoms with Crippen LogP contribution in [0.15, 0.2) is 18.2 Å². The lowest BCUT2D eigenvalue weighted by Crippen LogP contribution is -2.33. The van der Waals surface area contributed by atoms with E-state index in [0.717, 1.165) is 5.56 Å². The van der Waals surface area contributed by atoms with Gasteiger partial charge in [0.05, 0.1) is 18.2 Å². The van der Waals surface area contributed by atoms with Gasteiger partial charge in [0.1, 0.15) is 0 Å². The second kappa shape index (κ2) is 6.12. The summed E-state index contributed by atoms with van der Waals surface area (Å²) in [6.45, 7) is 4.40. The van der Waals surface area contributed by atoms with E-state index in [1.165, 1.54) is 5.56 Å². The monoisotopic (exact) mass is 278 g/mol. The zero-order valence-electron chi connectivity index (χ0n) is 11.0. The summed E-state index contributed by atoms with van der Waals surface area (Å²) in [5, 5.41) is 0. The molecule has 0 radical (unpaired) electrons. The Morgan fingerprint density at radius 1 is 1.42 bits per heavy atom. The second-order valence-electron chi connectivity index (χ2n) is 4.58. The highest BCUT2D eigenvalue weighted by molar-refractivity contribution is 7.80. The molecule has 4 nitrogen and oxygen atoms in total. The average molecular weight is 278 g/mol. The van der Waals surface area contributed by atoms with Crippen LogP contribution in [0.2, 0.25) is 0 Å². The molecule has 0 aromatic heterocycles. The molecule has 1 aromatic carbocycles. The molecule has 0 spiro atoms. The molecule has 2 N–H and O–H groups in total. The van der Waals surface area contributed by atoms with E-state index in [4.69, 9.17) is 22.7 Å². The number of thiocarbonyl (C=S) groups is 1. The van der Waals surface area contributed by atoms with Gasteiger partial charge in [0.2, 0.25) is 0 Å². The molecule has 1 heterocycles. The number of benzene rings is 1. The summed E-state index contributed by atoms with van der Waals surface area (Å²) in [6.07, 6.45) is 0.558. The van der Waals surface area contributed by atoms with Crippen LogP contribution in [0.3, 0.4) is 0 Å². The summed E-state index contributed by atoms with van der Waals surface area (Å²) >= 11 is 4.85. The molecule has 0 saturated heterocycles. The van der Waals surface area contributed by atoms with Gasteiger partial charge in [0.15, 0.2) is 0 Å². The first-order chi connectivity index (χ1) is 9.11. The van der Waals surface area contributed by atoms with Crippen LogP contribution < -0.4 is 5.73 Å². The van der Waals surface area contributed by atoms with Gasteiger partial charge < -0.3 is 15.4 Å². The maximum Gasteiger partial charge on any atom is 0.253 e. The molecule has 1 aliphatic heterocycles. The third-order valence-corrected chi connectivity index (χ3v) is 3.47. The minimum Gasteiger partial charge on any atom is -0.393 e. The highest BCUT2D eigenvalue weighted by Gasteiger charge is 2.18. The summed E-state index contributed by atoms with van der Waals surface area (Å²) in [5.74, 6) is 0.0217. The van der Waals surface area contributed by atoms with Gasteiger partial charge in [-0.2, -0.15) is 0 Å². The molecular formula is C14H18N2O2S. The van der Waals surface area contributed by atoms with Crippen LogP contribution in [0.1, 0.15) is 34.8 Å². The molecule has 1 aliphatic rings. The first-order valence-corrected chi connectivity index (χ1v) is 6.79. The van der Waals surface area contributed by atoms with E-state index in [0.29, 0.717) is 43.3 Å². The van der Waals surface area contributed by atoms with Crippen molar-refractivity contribution in [1.29, 1.82) is 0 Å². The first-order valence-electron chi connectivity index (χ1n) is 6.39. The van der Waals surface area contributed by atoms with Crippen molar-refractivity contribution in [3.05, 3.63) is 34.9 Å². The van der Waals surface area contributed by atoms with E-state index in [9.17, 15) is 4.79 Å². The van der Waals surface area contributed by atoms with E-state index in [1.54, 1.807) is 4.90 Å². The highest BCUT2D eigenvalue weighted by Crippen LogP contribution is 2.21. The van der Waals surface area contributed by atoms with Gasteiger partial charge in [-0.1, -0.05) is 18.3 Å². The molecule has 1 amide bonds. The third kappa shape index (κ3) is 3.30. The van der Waals surface area contributed by atoms with Crippen LogP contribution in [-0.4, -0.2) is 28.9 Å². The fourth-order valence-electron chi connectivity index (χ4n) is 2.14. The second-order valence-corrected chi connectivity index (χ2v) is 5.10. The fraction of sp³-hybridized carbons (Fsp3) is 0.429. The van der Waals surface area contributed by atoms with Crippen molar-refractivity contribution in [3.63, 3.8) is 0 Å². The lowest BCUT2D eigenvalue weighted by atomic mass is 10.1. The van der Waals surface area contributed by atoms with Crippen molar-refractivity contribution in [1.82, 2.24) is 4.90 Å². The number of hydrogen-bond donors (Lipinski definition) is 1. The van der Waals surface area contributed by atoms with Crippen molar-refractivity contribution in [2.24, 2.45) is 5.73 Å². The van der Waals surface area contributed by atoms with Crippen molar-refractivity contribution < 1.29 is 9.53 Å². The summed E-state index contributed by atoms with van der Waals surface area (Å²) in [6, 6.07) is 5.75. The normalized spacial score (nSPS) is 13.1. The molecule has 5 heteroatoms. The van der Waals surface area contributed by atoms with Crippen molar-refractivity contribution in [2.45, 2.75) is 26.6 Å². The zero-order chi connectivity index (χ0) is 13.8. The Morgan fingerprint density at radius 3 is 2.84 bits per heavy atom. The molecule has 0 saturated carbocycles. The molecule has 0 fully saturated rings. The van der Waals surface area contributed by atoms with Gasteiger partial charge in [0, 0.05) is 25.1 Å². The largest absolute Gasteiger partial charge is 0.393 e. The number of amides is 1. The summed E-state index contributed by atoms with van der Waals surface area (Å²) in [5.41, 5.74) is 8.46. The number of rotatable bonds is 5. The predicted octanol–water partition coefficient (Wildman–Crippen LogP) is 1.86. The SMILES string of the molecule is CCN(CCC(N)=S)C(=O)c1ccc2c(c1)COC2. The number of carbonyl (C=O) groups excluding carboxylic acids is 1. The van der Waals surface area contributed by atoms with Crippen molar-refractivity contribution in [3.8, 4) is 0 Å².